The Labute approximate surface area is 159 Å². The fourth-order valence-corrected chi connectivity index (χ4v) is 3.24. The Bertz CT molecular complexity index is 690. The Balaban J connectivity index is 1.70. The number of hydrogen-bond acceptors (Lipinski definition) is 6. The van der Waals surface area contributed by atoms with Gasteiger partial charge in [-0.25, -0.2) is 0 Å². The largest absolute Gasteiger partial charge is 0.493 e. The molecule has 1 fully saturated rings. The van der Waals surface area contributed by atoms with E-state index in [0.717, 1.165) is 13.0 Å². The quantitative estimate of drug-likeness (QED) is 0.769. The average molecular weight is 377 g/mol. The molecule has 2 aliphatic heterocycles. The van der Waals surface area contributed by atoms with E-state index in [2.05, 4.69) is 4.90 Å². The van der Waals surface area contributed by atoms with Gasteiger partial charge in [-0.15, -0.1) is 0 Å². The maximum absolute atomic E-state index is 13.0. The lowest BCUT2D eigenvalue weighted by Crippen LogP contribution is -2.39. The van der Waals surface area contributed by atoms with Crippen molar-refractivity contribution < 1.29 is 23.8 Å². The molecule has 0 unspecified atom stereocenters. The molecule has 0 bridgehead atoms. The van der Waals surface area contributed by atoms with Gasteiger partial charge in [0.05, 0.1) is 13.7 Å². The Morgan fingerprint density at radius 2 is 1.89 bits per heavy atom. The monoisotopic (exact) mass is 377 g/mol. The van der Waals surface area contributed by atoms with Gasteiger partial charge < -0.3 is 24.0 Å². The zero-order valence-corrected chi connectivity index (χ0v) is 16.2. The molecule has 0 saturated carbocycles. The Morgan fingerprint density at radius 3 is 2.63 bits per heavy atom. The Morgan fingerprint density at radius 1 is 1.11 bits per heavy atom. The van der Waals surface area contributed by atoms with Gasteiger partial charge in [0.2, 0.25) is 11.7 Å². The van der Waals surface area contributed by atoms with Crippen molar-refractivity contribution in [3.05, 3.63) is 17.7 Å². The highest BCUT2D eigenvalue weighted by molar-refractivity contribution is 5.95. The van der Waals surface area contributed by atoms with Gasteiger partial charge in [-0.05, 0) is 18.6 Å². The zero-order valence-electron chi connectivity index (χ0n) is 16.2. The summed E-state index contributed by atoms with van der Waals surface area (Å²) < 4.78 is 16.6. The molecular weight excluding hydrogens is 350 g/mol. The van der Waals surface area contributed by atoms with Crippen LogP contribution in [0.3, 0.4) is 0 Å². The van der Waals surface area contributed by atoms with Crippen LogP contribution in [0.1, 0.15) is 16.8 Å². The molecule has 3 rings (SSSR count). The van der Waals surface area contributed by atoms with Crippen LogP contribution in [-0.2, 0) is 4.79 Å². The maximum atomic E-state index is 13.0. The first-order valence-corrected chi connectivity index (χ1v) is 9.19. The molecule has 0 atom stereocenters. The summed E-state index contributed by atoms with van der Waals surface area (Å²) in [4.78, 5) is 30.5. The molecule has 0 aromatic heterocycles. The molecule has 2 aliphatic rings. The van der Waals surface area contributed by atoms with E-state index in [9.17, 15) is 9.59 Å². The first-order chi connectivity index (χ1) is 13.0. The number of carbonyl (C=O) groups excluding carboxylic acids is 2. The van der Waals surface area contributed by atoms with Crippen LogP contribution < -0.4 is 14.2 Å². The number of ether oxygens (including phenoxy) is 3. The van der Waals surface area contributed by atoms with Gasteiger partial charge in [0.15, 0.2) is 11.5 Å². The van der Waals surface area contributed by atoms with Crippen molar-refractivity contribution in [1.82, 2.24) is 14.7 Å². The third kappa shape index (κ3) is 4.44. The number of fused-ring (bicyclic) bond motifs is 1. The number of carbonyl (C=O) groups is 2. The number of benzene rings is 1. The molecule has 8 nitrogen and oxygen atoms in total. The van der Waals surface area contributed by atoms with Crippen LogP contribution in [0.2, 0.25) is 0 Å². The van der Waals surface area contributed by atoms with Crippen molar-refractivity contribution in [2.75, 3.05) is 67.1 Å². The summed E-state index contributed by atoms with van der Waals surface area (Å²) in [5.41, 5.74) is 0.522. The van der Waals surface area contributed by atoms with E-state index in [1.807, 2.05) is 4.90 Å². The van der Waals surface area contributed by atoms with Gasteiger partial charge in [0, 0.05) is 45.8 Å². The highest BCUT2D eigenvalue weighted by Crippen LogP contribution is 2.40. The molecule has 1 aromatic carbocycles. The van der Waals surface area contributed by atoms with Crippen LogP contribution in [0.25, 0.3) is 0 Å². The molecule has 0 radical (unpaired) electrons. The van der Waals surface area contributed by atoms with E-state index < -0.39 is 0 Å². The first-order valence-electron chi connectivity index (χ1n) is 9.19. The molecule has 2 heterocycles. The van der Waals surface area contributed by atoms with Crippen molar-refractivity contribution in [1.29, 1.82) is 0 Å². The Kier molecular flexibility index (Phi) is 6.05. The minimum atomic E-state index is -0.0638. The summed E-state index contributed by atoms with van der Waals surface area (Å²) in [6.45, 7) is 4.00. The number of rotatable bonds is 4. The lowest BCUT2D eigenvalue weighted by Gasteiger charge is -2.24. The van der Waals surface area contributed by atoms with E-state index in [-0.39, 0.29) is 11.8 Å². The lowest BCUT2D eigenvalue weighted by molar-refractivity contribution is -0.129. The lowest BCUT2D eigenvalue weighted by atomic mass is 10.1. The van der Waals surface area contributed by atoms with Crippen LogP contribution >= 0.6 is 0 Å². The minimum absolute atomic E-state index is 0.0638. The van der Waals surface area contributed by atoms with E-state index in [1.54, 1.807) is 38.2 Å². The van der Waals surface area contributed by atoms with E-state index in [4.69, 9.17) is 14.2 Å². The second-order valence-corrected chi connectivity index (χ2v) is 6.91. The smallest absolute Gasteiger partial charge is 0.254 e. The summed E-state index contributed by atoms with van der Waals surface area (Å²) in [5.74, 6) is 1.60. The zero-order chi connectivity index (χ0) is 19.4. The molecule has 0 spiro atoms. The number of methoxy groups -OCH3 is 1. The second kappa shape index (κ2) is 8.47. The van der Waals surface area contributed by atoms with Crippen molar-refractivity contribution in [2.45, 2.75) is 6.42 Å². The fourth-order valence-electron chi connectivity index (χ4n) is 3.24. The number of hydrogen-bond donors (Lipinski definition) is 0. The van der Waals surface area contributed by atoms with Gasteiger partial charge in [-0.1, -0.05) is 0 Å². The topological polar surface area (TPSA) is 71.6 Å². The molecule has 1 saturated heterocycles. The molecule has 2 amide bonds. The SMILES string of the molecule is COc1cc(C(=O)N2CCCN(CC(=O)N(C)C)CC2)cc2c1OCCO2. The minimum Gasteiger partial charge on any atom is -0.493 e. The van der Waals surface area contributed by atoms with Crippen LogP contribution in [0.4, 0.5) is 0 Å². The van der Waals surface area contributed by atoms with Gasteiger partial charge in [-0.2, -0.15) is 0 Å². The average Bonchev–Trinajstić information content (AvgIpc) is 2.92. The van der Waals surface area contributed by atoms with Crippen LogP contribution in [0.15, 0.2) is 12.1 Å². The molecule has 1 aromatic rings. The number of nitrogens with zero attached hydrogens (tertiary/aromatic N) is 3. The summed E-state index contributed by atoms with van der Waals surface area (Å²) >= 11 is 0. The second-order valence-electron chi connectivity index (χ2n) is 6.91. The third-order valence-electron chi connectivity index (χ3n) is 4.81. The van der Waals surface area contributed by atoms with E-state index in [1.165, 1.54) is 0 Å². The molecule has 0 aliphatic carbocycles. The normalized spacial score (nSPS) is 17.2. The highest BCUT2D eigenvalue weighted by Gasteiger charge is 2.25. The Hall–Kier alpha value is -2.48. The summed E-state index contributed by atoms with van der Waals surface area (Å²) in [6, 6.07) is 3.42. The van der Waals surface area contributed by atoms with Crippen LogP contribution in [0.5, 0.6) is 17.2 Å². The molecular formula is C19H27N3O5. The van der Waals surface area contributed by atoms with Crippen molar-refractivity contribution in [3.63, 3.8) is 0 Å². The molecule has 27 heavy (non-hydrogen) atoms. The fraction of sp³-hybridized carbons (Fsp3) is 0.579. The van der Waals surface area contributed by atoms with E-state index >= 15 is 0 Å². The highest BCUT2D eigenvalue weighted by atomic mass is 16.6. The maximum Gasteiger partial charge on any atom is 0.254 e. The number of likely N-dealkylation sites (N-methyl/N-ethyl adjacent to an activating group) is 1. The standard InChI is InChI=1S/C19H27N3O5/c1-20(2)17(23)13-21-5-4-6-22(8-7-21)19(24)14-11-15(25-3)18-16(12-14)26-9-10-27-18/h11-12H,4-10,13H2,1-3H3. The van der Waals surface area contributed by atoms with Crippen molar-refractivity contribution >= 4 is 11.8 Å². The molecule has 148 valence electrons. The van der Waals surface area contributed by atoms with E-state index in [0.29, 0.717) is 62.2 Å². The van der Waals surface area contributed by atoms with Crippen molar-refractivity contribution in [2.24, 2.45) is 0 Å². The third-order valence-corrected chi connectivity index (χ3v) is 4.81. The van der Waals surface area contributed by atoms with Gasteiger partial charge >= 0.3 is 0 Å². The van der Waals surface area contributed by atoms with Crippen molar-refractivity contribution in [3.8, 4) is 17.2 Å². The summed E-state index contributed by atoms with van der Waals surface area (Å²) in [7, 11) is 5.06. The first kappa shape index (κ1) is 19.3. The van der Waals surface area contributed by atoms with Gasteiger partial charge in [0.1, 0.15) is 13.2 Å². The van der Waals surface area contributed by atoms with Crippen LogP contribution in [0, 0.1) is 0 Å². The molecule has 0 N–H and O–H groups in total. The van der Waals surface area contributed by atoms with Crippen LogP contribution in [-0.4, -0.2) is 93.7 Å². The molecule has 8 heteroatoms. The predicted molar refractivity (Wildman–Crippen MR) is 99.6 cm³/mol. The van der Waals surface area contributed by atoms with Gasteiger partial charge in [-0.3, -0.25) is 14.5 Å². The number of amides is 2. The summed E-state index contributed by atoms with van der Waals surface area (Å²) in [6.07, 6.45) is 0.828. The predicted octanol–water partition coefficient (Wildman–Crippen LogP) is 0.703. The summed E-state index contributed by atoms with van der Waals surface area (Å²) in [5, 5.41) is 0. The van der Waals surface area contributed by atoms with Gasteiger partial charge in [0.25, 0.3) is 5.91 Å².